The first-order valence-electron chi connectivity index (χ1n) is 13.9. The van der Waals surface area contributed by atoms with Gasteiger partial charge in [-0.05, 0) is 60.4 Å². The number of carbonyl (C=O) groups is 2. The number of nitrogens with zero attached hydrogens (tertiary/aromatic N) is 4. The number of benzene rings is 2. The normalized spacial score (nSPS) is 18.4. The minimum atomic E-state index is -5.05. The van der Waals surface area contributed by atoms with E-state index >= 15 is 8.78 Å². The largest absolute Gasteiger partial charge is 0.435 e. The van der Waals surface area contributed by atoms with Gasteiger partial charge in [-0.15, -0.1) is 0 Å². The lowest BCUT2D eigenvalue weighted by molar-refractivity contribution is -0.142. The number of fused-ring (bicyclic) bond motifs is 3. The van der Waals surface area contributed by atoms with Crippen molar-refractivity contribution in [2.24, 2.45) is 11.7 Å². The molecule has 0 unspecified atom stereocenters. The smallest absolute Gasteiger partial charge is 0.366 e. The third-order valence-electron chi connectivity index (χ3n) is 8.04. The van der Waals surface area contributed by atoms with E-state index in [2.05, 4.69) is 20.4 Å². The number of thioether (sulfide) groups is 1. The van der Waals surface area contributed by atoms with Crippen LogP contribution in [0.5, 0.6) is 0 Å². The second-order valence-corrected chi connectivity index (χ2v) is 11.9. The standard InChI is InChI=1S/C30H22F8N6O2S/c1-47-28-40-10-18(13-2-3-20(33)17(7-13)27(39)46)24(42-28)21(6-12-4-14(31)8-15(32)5-12)41-22(45)11-44-26-23(25(43-44)30(36,37)38)16-9-19(16)29(26,34)35/h2-5,7-8,10,16,19,21H,6,9,11H2,1H3,(H2,39,46)(H,41,45)/t16-,19+,21-/m0/s1. The molecule has 0 spiro atoms. The molecule has 8 nitrogen and oxygen atoms in total. The third-order valence-corrected chi connectivity index (χ3v) is 8.60. The molecule has 1 saturated carbocycles. The highest BCUT2D eigenvalue weighted by Gasteiger charge is 2.68. The molecule has 6 rings (SSSR count). The van der Waals surface area contributed by atoms with Gasteiger partial charge in [0, 0.05) is 29.3 Å². The maximum absolute atomic E-state index is 15.1. The maximum Gasteiger partial charge on any atom is 0.435 e. The lowest BCUT2D eigenvalue weighted by Gasteiger charge is -2.23. The Hall–Kier alpha value is -4.54. The van der Waals surface area contributed by atoms with Crippen molar-refractivity contribution < 1.29 is 44.7 Å². The van der Waals surface area contributed by atoms with E-state index in [-0.39, 0.29) is 40.4 Å². The van der Waals surface area contributed by atoms with Crippen LogP contribution in [-0.4, -0.2) is 37.8 Å². The summed E-state index contributed by atoms with van der Waals surface area (Å²) >= 11 is 1.08. The summed E-state index contributed by atoms with van der Waals surface area (Å²) < 4.78 is 115. The van der Waals surface area contributed by atoms with E-state index in [0.717, 1.165) is 36.0 Å². The number of rotatable bonds is 9. The van der Waals surface area contributed by atoms with E-state index in [1.807, 2.05) is 0 Å². The van der Waals surface area contributed by atoms with E-state index in [0.29, 0.717) is 10.7 Å². The van der Waals surface area contributed by atoms with Gasteiger partial charge in [-0.3, -0.25) is 14.3 Å². The molecule has 0 aliphatic heterocycles. The van der Waals surface area contributed by atoms with Crippen molar-refractivity contribution in [3.63, 3.8) is 0 Å². The molecule has 2 amide bonds. The molecule has 0 radical (unpaired) electrons. The molecule has 2 aromatic carbocycles. The van der Waals surface area contributed by atoms with Crippen molar-refractivity contribution >= 4 is 23.6 Å². The Bertz CT molecular complexity index is 1910. The molecule has 4 aromatic rings. The van der Waals surface area contributed by atoms with Crippen molar-refractivity contribution in [3.8, 4) is 11.1 Å². The fourth-order valence-electron chi connectivity index (χ4n) is 6.00. The number of alkyl halides is 5. The molecule has 47 heavy (non-hydrogen) atoms. The highest BCUT2D eigenvalue weighted by molar-refractivity contribution is 7.98. The van der Waals surface area contributed by atoms with Gasteiger partial charge in [-0.1, -0.05) is 17.8 Å². The van der Waals surface area contributed by atoms with Crippen LogP contribution < -0.4 is 11.1 Å². The van der Waals surface area contributed by atoms with Crippen LogP contribution in [0.2, 0.25) is 0 Å². The van der Waals surface area contributed by atoms with E-state index in [1.54, 1.807) is 6.26 Å². The molecule has 2 heterocycles. The van der Waals surface area contributed by atoms with Crippen molar-refractivity contribution in [2.45, 2.75) is 48.6 Å². The second kappa shape index (κ2) is 11.6. The Kier molecular flexibility index (Phi) is 8.00. The Labute approximate surface area is 264 Å². The van der Waals surface area contributed by atoms with E-state index < -0.39 is 88.3 Å². The molecule has 246 valence electrons. The summed E-state index contributed by atoms with van der Waals surface area (Å²) in [6.45, 7) is -1.06. The number of nitrogens with one attached hydrogen (secondary N) is 1. The van der Waals surface area contributed by atoms with Gasteiger partial charge in [0.25, 0.3) is 11.8 Å². The Morgan fingerprint density at radius 1 is 1.13 bits per heavy atom. The highest BCUT2D eigenvalue weighted by Crippen LogP contribution is 2.68. The minimum absolute atomic E-state index is 0.00218. The third kappa shape index (κ3) is 6.03. The quantitative estimate of drug-likeness (QED) is 0.129. The molecule has 1 fully saturated rings. The fourth-order valence-corrected chi connectivity index (χ4v) is 6.34. The van der Waals surface area contributed by atoms with Gasteiger partial charge in [0.1, 0.15) is 29.7 Å². The molecule has 3 atom stereocenters. The maximum atomic E-state index is 15.1. The van der Waals surface area contributed by atoms with Crippen LogP contribution >= 0.6 is 11.8 Å². The predicted octanol–water partition coefficient (Wildman–Crippen LogP) is 5.91. The van der Waals surface area contributed by atoms with Crippen molar-refractivity contribution in [2.75, 3.05) is 6.26 Å². The zero-order valence-corrected chi connectivity index (χ0v) is 24.8. The Morgan fingerprint density at radius 3 is 2.47 bits per heavy atom. The van der Waals surface area contributed by atoms with Gasteiger partial charge in [0.15, 0.2) is 10.9 Å². The van der Waals surface area contributed by atoms with E-state index in [9.17, 15) is 35.9 Å². The first-order valence-corrected chi connectivity index (χ1v) is 15.1. The molecule has 0 bridgehead atoms. The molecule has 3 N–H and O–H groups in total. The molecule has 17 heteroatoms. The number of hydrogen-bond acceptors (Lipinski definition) is 6. The number of carbonyl (C=O) groups excluding carboxylic acids is 2. The van der Waals surface area contributed by atoms with Gasteiger partial charge in [-0.25, -0.2) is 23.1 Å². The van der Waals surface area contributed by atoms with Crippen LogP contribution in [0.15, 0.2) is 47.8 Å². The van der Waals surface area contributed by atoms with Gasteiger partial charge in [0.2, 0.25) is 5.91 Å². The monoisotopic (exact) mass is 682 g/mol. The lowest BCUT2D eigenvalue weighted by atomic mass is 9.95. The topological polar surface area (TPSA) is 116 Å². The summed E-state index contributed by atoms with van der Waals surface area (Å²) in [5.74, 6) is -11.0. The van der Waals surface area contributed by atoms with Crippen molar-refractivity contribution in [3.05, 3.63) is 93.8 Å². The van der Waals surface area contributed by atoms with Crippen LogP contribution in [0, 0.1) is 23.4 Å². The summed E-state index contributed by atoms with van der Waals surface area (Å²) in [7, 11) is 0. The zero-order valence-electron chi connectivity index (χ0n) is 24.0. The number of primary amides is 1. The minimum Gasteiger partial charge on any atom is -0.366 e. The van der Waals surface area contributed by atoms with E-state index in [4.69, 9.17) is 5.73 Å². The molecule has 2 aliphatic rings. The number of halogens is 8. The summed E-state index contributed by atoms with van der Waals surface area (Å²) in [6, 6.07) is 4.59. The summed E-state index contributed by atoms with van der Waals surface area (Å²) in [4.78, 5) is 34.0. The Balaban J connectivity index is 1.42. The van der Waals surface area contributed by atoms with Crippen molar-refractivity contribution in [1.29, 1.82) is 0 Å². The van der Waals surface area contributed by atoms with Crippen LogP contribution in [-0.2, 0) is 29.9 Å². The number of aromatic nitrogens is 4. The van der Waals surface area contributed by atoms with Crippen LogP contribution in [0.25, 0.3) is 11.1 Å². The SMILES string of the molecule is CSc1ncc(-c2ccc(F)c(C(N)=O)c2)c([C@H](Cc2cc(F)cc(F)c2)NC(=O)Cn2nc(C(F)(F)F)c3c2C(F)(F)[C@@H]2C[C@H]32)n1. The van der Waals surface area contributed by atoms with Crippen LogP contribution in [0.1, 0.15) is 56.9 Å². The number of amides is 2. The van der Waals surface area contributed by atoms with Gasteiger partial charge >= 0.3 is 6.18 Å². The average Bonchev–Trinajstić information content (AvgIpc) is 3.64. The van der Waals surface area contributed by atoms with Gasteiger partial charge in [-0.2, -0.15) is 27.1 Å². The lowest BCUT2D eigenvalue weighted by Crippen LogP contribution is -2.35. The summed E-state index contributed by atoms with van der Waals surface area (Å²) in [5.41, 5.74) is 2.02. The molecule has 2 aliphatic carbocycles. The van der Waals surface area contributed by atoms with Gasteiger partial charge < -0.3 is 11.1 Å². The number of hydrogen-bond donors (Lipinski definition) is 2. The fraction of sp³-hybridized carbons (Fsp3) is 0.300. The second-order valence-electron chi connectivity index (χ2n) is 11.2. The van der Waals surface area contributed by atoms with Crippen molar-refractivity contribution in [1.82, 2.24) is 25.1 Å². The summed E-state index contributed by atoms with van der Waals surface area (Å²) in [5, 5.41) is 6.06. The van der Waals surface area contributed by atoms with Crippen LogP contribution in [0.3, 0.4) is 0 Å². The number of nitrogens with two attached hydrogens (primary N) is 1. The first-order chi connectivity index (χ1) is 22.1. The molecule has 0 saturated heterocycles. The van der Waals surface area contributed by atoms with Crippen LogP contribution in [0.4, 0.5) is 35.1 Å². The Morgan fingerprint density at radius 2 is 1.83 bits per heavy atom. The molecule has 2 aromatic heterocycles. The highest BCUT2D eigenvalue weighted by atomic mass is 32.2. The first kappa shape index (κ1) is 32.4. The van der Waals surface area contributed by atoms with E-state index in [1.165, 1.54) is 12.3 Å². The zero-order chi connectivity index (χ0) is 34.0. The van der Waals surface area contributed by atoms with Gasteiger partial charge in [0.05, 0.1) is 17.3 Å². The molecular formula is C30H22F8N6O2S. The summed E-state index contributed by atoms with van der Waals surface area (Å²) in [6.07, 6.45) is -2.62. The predicted molar refractivity (Wildman–Crippen MR) is 151 cm³/mol. The molecular weight excluding hydrogens is 660 g/mol. The average molecular weight is 683 g/mol.